The molecule has 2 amide bonds. The van der Waals surface area contributed by atoms with Crippen LogP contribution in [-0.2, 0) is 4.79 Å². The minimum absolute atomic E-state index is 0.0901. The second-order valence-corrected chi connectivity index (χ2v) is 7.84. The predicted octanol–water partition coefficient (Wildman–Crippen LogP) is 2.56. The Bertz CT molecular complexity index is 688. The summed E-state index contributed by atoms with van der Waals surface area (Å²) in [6.07, 6.45) is 5.36. The second kappa shape index (κ2) is 6.45. The fourth-order valence-corrected chi connectivity index (χ4v) is 4.51. The molecule has 0 radical (unpaired) electrons. The Kier molecular flexibility index (Phi) is 4.28. The summed E-state index contributed by atoms with van der Waals surface area (Å²) in [4.78, 5) is 27.3. The van der Waals surface area contributed by atoms with Gasteiger partial charge in [0, 0.05) is 30.3 Å². The molecule has 0 aromatic heterocycles. The molecule has 2 saturated heterocycles. The lowest BCUT2D eigenvalue weighted by Gasteiger charge is -2.23. The molecule has 3 fully saturated rings. The van der Waals surface area contributed by atoms with E-state index in [9.17, 15) is 9.59 Å². The Morgan fingerprint density at radius 2 is 1.92 bits per heavy atom. The van der Waals surface area contributed by atoms with Gasteiger partial charge in [-0.1, -0.05) is 6.07 Å². The number of rotatable bonds is 3. The Morgan fingerprint density at radius 1 is 1.20 bits per heavy atom. The van der Waals surface area contributed by atoms with Crippen LogP contribution in [-0.4, -0.2) is 42.9 Å². The average molecular weight is 341 g/mol. The summed E-state index contributed by atoms with van der Waals surface area (Å²) in [5.41, 5.74) is 2.61. The zero-order valence-electron chi connectivity index (χ0n) is 14.9. The topological polar surface area (TPSA) is 61.4 Å². The van der Waals surface area contributed by atoms with Crippen molar-refractivity contribution in [2.24, 2.45) is 11.3 Å². The van der Waals surface area contributed by atoms with Crippen LogP contribution in [0.1, 0.15) is 48.0 Å². The lowest BCUT2D eigenvalue weighted by Crippen LogP contribution is -2.32. The first kappa shape index (κ1) is 16.6. The van der Waals surface area contributed by atoms with Gasteiger partial charge in [-0.05, 0) is 75.2 Å². The normalized spacial score (nSPS) is 24.4. The molecule has 1 atom stereocenters. The van der Waals surface area contributed by atoms with Gasteiger partial charge in [0.1, 0.15) is 0 Å². The van der Waals surface area contributed by atoms with Crippen molar-refractivity contribution in [2.75, 3.05) is 31.5 Å². The highest BCUT2D eigenvalue weighted by atomic mass is 16.2. The van der Waals surface area contributed by atoms with Gasteiger partial charge in [-0.3, -0.25) is 9.59 Å². The number of benzene rings is 1. The molecule has 3 aliphatic rings. The van der Waals surface area contributed by atoms with Crippen LogP contribution in [0.15, 0.2) is 18.2 Å². The summed E-state index contributed by atoms with van der Waals surface area (Å²) in [5.74, 6) is 0.343. The highest BCUT2D eigenvalue weighted by molar-refractivity contribution is 6.00. The highest BCUT2D eigenvalue weighted by Gasteiger charge is 2.57. The van der Waals surface area contributed by atoms with E-state index in [1.165, 1.54) is 0 Å². The van der Waals surface area contributed by atoms with E-state index in [0.29, 0.717) is 5.56 Å². The number of carbonyl (C=O) groups is 2. The van der Waals surface area contributed by atoms with Gasteiger partial charge in [0.15, 0.2) is 0 Å². The van der Waals surface area contributed by atoms with Crippen molar-refractivity contribution in [3.63, 3.8) is 0 Å². The summed E-state index contributed by atoms with van der Waals surface area (Å²) in [7, 11) is 0. The Morgan fingerprint density at radius 3 is 2.64 bits per heavy atom. The zero-order chi connectivity index (χ0) is 17.4. The number of amides is 2. The maximum atomic E-state index is 12.7. The SMILES string of the molecule is Cc1c(NC(=O)C2CC23CCNCC3)cccc1C(=O)N1CCCC1. The molecule has 1 aromatic carbocycles. The van der Waals surface area contributed by atoms with Gasteiger partial charge in [-0.15, -0.1) is 0 Å². The van der Waals surface area contributed by atoms with E-state index in [4.69, 9.17) is 0 Å². The maximum absolute atomic E-state index is 12.7. The molecule has 1 aromatic rings. The van der Waals surface area contributed by atoms with E-state index in [1.807, 2.05) is 30.0 Å². The maximum Gasteiger partial charge on any atom is 0.254 e. The second-order valence-electron chi connectivity index (χ2n) is 7.84. The third kappa shape index (κ3) is 3.06. The van der Waals surface area contributed by atoms with Crippen LogP contribution in [0.5, 0.6) is 0 Å². The van der Waals surface area contributed by atoms with E-state index in [1.54, 1.807) is 0 Å². The van der Waals surface area contributed by atoms with Gasteiger partial charge in [-0.2, -0.15) is 0 Å². The number of anilines is 1. The van der Waals surface area contributed by atoms with Crippen LogP contribution < -0.4 is 10.6 Å². The Hall–Kier alpha value is -1.88. The van der Waals surface area contributed by atoms with E-state index in [-0.39, 0.29) is 23.1 Å². The van der Waals surface area contributed by atoms with Crippen molar-refractivity contribution in [3.8, 4) is 0 Å². The molecule has 2 aliphatic heterocycles. The van der Waals surface area contributed by atoms with Crippen molar-refractivity contribution in [1.29, 1.82) is 0 Å². The number of nitrogens with zero attached hydrogens (tertiary/aromatic N) is 1. The van der Waals surface area contributed by atoms with Crippen molar-refractivity contribution >= 4 is 17.5 Å². The van der Waals surface area contributed by atoms with Crippen LogP contribution >= 0.6 is 0 Å². The number of piperidine rings is 1. The van der Waals surface area contributed by atoms with E-state index >= 15 is 0 Å². The molecule has 1 aliphatic carbocycles. The minimum Gasteiger partial charge on any atom is -0.339 e. The number of hydrogen-bond acceptors (Lipinski definition) is 3. The summed E-state index contributed by atoms with van der Waals surface area (Å²) in [6.45, 7) is 5.65. The Labute approximate surface area is 149 Å². The minimum atomic E-state index is 0.0901. The van der Waals surface area contributed by atoms with Crippen LogP contribution in [0.4, 0.5) is 5.69 Å². The number of hydrogen-bond donors (Lipinski definition) is 2. The Balaban J connectivity index is 1.47. The van der Waals surface area contributed by atoms with Gasteiger partial charge >= 0.3 is 0 Å². The molecule has 2 heterocycles. The smallest absolute Gasteiger partial charge is 0.254 e. The highest BCUT2D eigenvalue weighted by Crippen LogP contribution is 2.58. The first-order valence-electron chi connectivity index (χ1n) is 9.51. The van der Waals surface area contributed by atoms with Gasteiger partial charge in [0.05, 0.1) is 0 Å². The molecular formula is C20H27N3O2. The molecular weight excluding hydrogens is 314 g/mol. The van der Waals surface area contributed by atoms with Gasteiger partial charge in [0.25, 0.3) is 5.91 Å². The summed E-state index contributed by atoms with van der Waals surface area (Å²) in [6, 6.07) is 5.65. The van der Waals surface area contributed by atoms with Crippen LogP contribution in [0, 0.1) is 18.3 Å². The number of carbonyl (C=O) groups excluding carboxylic acids is 2. The van der Waals surface area contributed by atoms with Gasteiger partial charge < -0.3 is 15.5 Å². The standard InChI is InChI=1S/C20H27N3O2/c1-14-15(19(25)23-11-2-3-12-23)5-4-6-17(14)22-18(24)16-13-20(16)7-9-21-10-8-20/h4-6,16,21H,2-3,7-13H2,1H3,(H,22,24). The van der Waals surface area contributed by atoms with Gasteiger partial charge in [0.2, 0.25) is 5.91 Å². The van der Waals surface area contributed by atoms with Crippen LogP contribution in [0.2, 0.25) is 0 Å². The lowest BCUT2D eigenvalue weighted by atomic mass is 9.91. The summed E-state index contributed by atoms with van der Waals surface area (Å²) in [5, 5.41) is 6.47. The third-order valence-corrected chi connectivity index (χ3v) is 6.32. The predicted molar refractivity (Wildman–Crippen MR) is 97.6 cm³/mol. The third-order valence-electron chi connectivity index (χ3n) is 6.32. The van der Waals surface area contributed by atoms with E-state index < -0.39 is 0 Å². The van der Waals surface area contributed by atoms with Gasteiger partial charge in [-0.25, -0.2) is 0 Å². The molecule has 1 saturated carbocycles. The summed E-state index contributed by atoms with van der Waals surface area (Å²) >= 11 is 0. The van der Waals surface area contributed by atoms with Crippen LogP contribution in [0.25, 0.3) is 0 Å². The summed E-state index contributed by atoms with van der Waals surface area (Å²) < 4.78 is 0. The molecule has 5 nitrogen and oxygen atoms in total. The van der Waals surface area contributed by atoms with Crippen molar-refractivity contribution in [3.05, 3.63) is 29.3 Å². The van der Waals surface area contributed by atoms with Crippen LogP contribution in [0.3, 0.4) is 0 Å². The molecule has 1 spiro atoms. The molecule has 0 bridgehead atoms. The van der Waals surface area contributed by atoms with E-state index in [0.717, 1.165) is 69.5 Å². The molecule has 1 unspecified atom stereocenters. The van der Waals surface area contributed by atoms with E-state index in [2.05, 4.69) is 10.6 Å². The fraction of sp³-hybridized carbons (Fsp3) is 0.600. The average Bonchev–Trinajstić information content (AvgIpc) is 3.07. The quantitative estimate of drug-likeness (QED) is 0.888. The molecule has 134 valence electrons. The monoisotopic (exact) mass is 341 g/mol. The molecule has 5 heteroatoms. The largest absolute Gasteiger partial charge is 0.339 e. The molecule has 4 rings (SSSR count). The van der Waals surface area contributed by atoms with Crippen molar-refractivity contribution in [1.82, 2.24) is 10.2 Å². The molecule has 25 heavy (non-hydrogen) atoms. The lowest BCUT2D eigenvalue weighted by molar-refractivity contribution is -0.118. The number of likely N-dealkylation sites (tertiary alicyclic amines) is 1. The first-order valence-corrected chi connectivity index (χ1v) is 9.51. The van der Waals surface area contributed by atoms with Crippen molar-refractivity contribution < 1.29 is 9.59 Å². The van der Waals surface area contributed by atoms with Crippen molar-refractivity contribution in [2.45, 2.75) is 39.0 Å². The molecule has 2 N–H and O–H groups in total. The first-order chi connectivity index (χ1) is 12.1. The fourth-order valence-electron chi connectivity index (χ4n) is 4.51. The zero-order valence-corrected chi connectivity index (χ0v) is 14.9. The number of nitrogens with one attached hydrogen (secondary N) is 2.